The fraction of sp³-hybridized carbons (Fsp3) is 0.625. The number of aryl methyl sites for hydroxylation is 1. The number of rotatable bonds is 11. The molecule has 4 aliphatic rings. The molecule has 57 heavy (non-hydrogen) atoms. The SMILES string of the molecule is CC[C@H](C)[C@H](NC(C)=O)C(=O)N[C@H]1CCCCC/C=C\C2C[C@@]2(C(=O)NS(=O)(=O)C2(C)CC2)NC(=O)[C@@H]2C[C@@H](Oc3nc4cc(OC)ccc4nc3C)CN2C1=O. The van der Waals surface area contributed by atoms with Gasteiger partial charge in [-0.25, -0.2) is 18.4 Å². The largest absolute Gasteiger partial charge is 0.497 e. The Hall–Kier alpha value is -4.80. The van der Waals surface area contributed by atoms with E-state index in [1.165, 1.54) is 11.8 Å². The van der Waals surface area contributed by atoms with Gasteiger partial charge in [-0.15, -0.1) is 0 Å². The Kier molecular flexibility index (Phi) is 12.2. The minimum atomic E-state index is -4.01. The molecule has 2 saturated carbocycles. The quantitative estimate of drug-likeness (QED) is 0.242. The van der Waals surface area contributed by atoms with Crippen molar-refractivity contribution in [3.05, 3.63) is 36.0 Å². The second kappa shape index (κ2) is 16.6. The number of amides is 5. The number of fused-ring (bicyclic) bond motifs is 3. The van der Waals surface area contributed by atoms with E-state index in [4.69, 9.17) is 9.47 Å². The van der Waals surface area contributed by atoms with Crippen LogP contribution in [-0.2, 0) is 34.0 Å². The number of allylic oxidation sites excluding steroid dienone is 1. The van der Waals surface area contributed by atoms with E-state index in [2.05, 4.69) is 30.6 Å². The molecule has 3 fully saturated rings. The number of hydrogen-bond donors (Lipinski definition) is 4. The van der Waals surface area contributed by atoms with Gasteiger partial charge in [0, 0.05) is 25.3 Å². The average molecular weight is 810 g/mol. The third-order valence-electron chi connectivity index (χ3n) is 11.9. The van der Waals surface area contributed by atoms with Gasteiger partial charge in [-0.05, 0) is 70.4 Å². The molecular weight excluding hydrogens is 755 g/mol. The van der Waals surface area contributed by atoms with Crippen LogP contribution in [0.5, 0.6) is 11.6 Å². The third kappa shape index (κ3) is 9.02. The lowest BCUT2D eigenvalue weighted by Gasteiger charge is -2.31. The number of hydrogen-bond acceptors (Lipinski definition) is 11. The molecule has 310 valence electrons. The van der Waals surface area contributed by atoms with Crippen molar-refractivity contribution in [1.29, 1.82) is 0 Å². The van der Waals surface area contributed by atoms with Crippen molar-refractivity contribution in [1.82, 2.24) is 35.5 Å². The van der Waals surface area contributed by atoms with Gasteiger partial charge in [0.25, 0.3) is 5.91 Å². The van der Waals surface area contributed by atoms with Crippen LogP contribution in [0.15, 0.2) is 30.4 Å². The third-order valence-corrected chi connectivity index (χ3v) is 14.1. The van der Waals surface area contributed by atoms with Crippen molar-refractivity contribution < 1.29 is 41.9 Å². The van der Waals surface area contributed by atoms with E-state index in [-0.39, 0.29) is 43.5 Å². The van der Waals surface area contributed by atoms with Gasteiger partial charge in [-0.2, -0.15) is 0 Å². The Morgan fingerprint density at radius 1 is 1.11 bits per heavy atom. The first-order valence-corrected chi connectivity index (χ1v) is 21.4. The molecule has 3 heterocycles. The van der Waals surface area contributed by atoms with Crippen LogP contribution in [0.4, 0.5) is 0 Å². The van der Waals surface area contributed by atoms with Gasteiger partial charge in [0.1, 0.15) is 41.2 Å². The topological polar surface area (TPSA) is 215 Å². The normalized spacial score (nSPS) is 27.6. The molecule has 7 atom stereocenters. The Morgan fingerprint density at radius 3 is 2.54 bits per heavy atom. The Labute approximate surface area is 333 Å². The highest BCUT2D eigenvalue weighted by molar-refractivity contribution is 7.91. The highest BCUT2D eigenvalue weighted by Crippen LogP contribution is 2.47. The van der Waals surface area contributed by atoms with Crippen LogP contribution in [0, 0.1) is 18.8 Å². The van der Waals surface area contributed by atoms with Gasteiger partial charge < -0.3 is 30.3 Å². The van der Waals surface area contributed by atoms with E-state index in [0.29, 0.717) is 54.6 Å². The summed E-state index contributed by atoms with van der Waals surface area (Å²) >= 11 is 0. The number of nitrogens with zero attached hydrogens (tertiary/aromatic N) is 3. The first kappa shape index (κ1) is 41.8. The van der Waals surface area contributed by atoms with E-state index >= 15 is 0 Å². The maximum absolute atomic E-state index is 14.7. The lowest BCUT2D eigenvalue weighted by atomic mass is 9.97. The number of ether oxygens (including phenoxy) is 2. The molecule has 1 saturated heterocycles. The Bertz CT molecular complexity index is 2050. The highest BCUT2D eigenvalue weighted by atomic mass is 32.2. The number of nitrogens with one attached hydrogen (secondary N) is 4. The fourth-order valence-corrected chi connectivity index (χ4v) is 8.94. The number of carbonyl (C=O) groups is 5. The minimum Gasteiger partial charge on any atom is -0.497 e. The molecule has 1 unspecified atom stereocenters. The predicted molar refractivity (Wildman–Crippen MR) is 210 cm³/mol. The number of benzene rings is 1. The summed E-state index contributed by atoms with van der Waals surface area (Å²) in [4.78, 5) is 79.7. The van der Waals surface area contributed by atoms with E-state index in [0.717, 1.165) is 12.8 Å². The molecule has 0 radical (unpaired) electrons. The zero-order chi connectivity index (χ0) is 41.3. The lowest BCUT2D eigenvalue weighted by molar-refractivity contribution is -0.143. The maximum atomic E-state index is 14.7. The van der Waals surface area contributed by atoms with Gasteiger partial charge >= 0.3 is 0 Å². The zero-order valence-electron chi connectivity index (χ0n) is 33.6. The van der Waals surface area contributed by atoms with Crippen molar-refractivity contribution in [3.63, 3.8) is 0 Å². The van der Waals surface area contributed by atoms with Crippen molar-refractivity contribution in [2.24, 2.45) is 11.8 Å². The summed E-state index contributed by atoms with van der Waals surface area (Å²) < 4.78 is 39.3. The van der Waals surface area contributed by atoms with Crippen LogP contribution >= 0.6 is 0 Å². The number of methoxy groups -OCH3 is 1. The van der Waals surface area contributed by atoms with Crippen LogP contribution in [0.2, 0.25) is 0 Å². The van der Waals surface area contributed by atoms with Gasteiger partial charge in [0.05, 0.1) is 29.4 Å². The first-order chi connectivity index (χ1) is 27.0. The monoisotopic (exact) mass is 809 g/mol. The molecule has 4 N–H and O–H groups in total. The summed E-state index contributed by atoms with van der Waals surface area (Å²) in [5.41, 5.74) is 0.0811. The van der Waals surface area contributed by atoms with Crippen LogP contribution in [0.25, 0.3) is 11.0 Å². The Balaban J connectivity index is 1.33. The number of sulfonamides is 1. The number of carbonyl (C=O) groups excluding carboxylic acids is 5. The maximum Gasteiger partial charge on any atom is 0.259 e. The summed E-state index contributed by atoms with van der Waals surface area (Å²) in [5.74, 6) is -2.79. The van der Waals surface area contributed by atoms with Crippen LogP contribution in [-0.4, -0.2) is 101 Å². The fourth-order valence-electron chi connectivity index (χ4n) is 7.63. The summed E-state index contributed by atoms with van der Waals surface area (Å²) in [5, 5.41) is 8.51. The summed E-state index contributed by atoms with van der Waals surface area (Å²) in [6.45, 7) is 8.34. The summed E-state index contributed by atoms with van der Waals surface area (Å²) in [6.07, 6.45) is 7.69. The molecular formula is C40H55N7O9S. The molecule has 2 aromatic rings. The molecule has 0 bridgehead atoms. The summed E-state index contributed by atoms with van der Waals surface area (Å²) in [6, 6.07) is 2.19. The van der Waals surface area contributed by atoms with Crippen LogP contribution in [0.1, 0.15) is 97.6 Å². The lowest BCUT2D eigenvalue weighted by Crippen LogP contribution is -2.59. The van der Waals surface area contributed by atoms with E-state index in [1.54, 1.807) is 39.2 Å². The molecule has 1 aromatic heterocycles. The van der Waals surface area contributed by atoms with Gasteiger partial charge in [-0.1, -0.05) is 45.3 Å². The standard InChI is InChI=1S/C40H55N7O9S/c1-7-23(2)33(42-25(4)48)35(50)43-30-14-12-10-8-9-11-13-26-21-40(26,38(52)46-57(53,54)39(5)17-18-39)45-34(49)32-20-28(22-47(32)37(30)51)56-36-24(3)41-29-16-15-27(55-6)19-31(29)44-36/h11,13,15-16,19,23,26,28,30,32-33H,7-10,12,14,17-18,20-22H2,1-6H3,(H,42,48)(H,43,50)(H,45,49)(H,46,52)/b13-11-/t23-,26?,28+,30-,32-,33-,40+/m0/s1. The molecule has 6 rings (SSSR count). The van der Waals surface area contributed by atoms with Crippen LogP contribution in [0.3, 0.4) is 0 Å². The average Bonchev–Trinajstić information content (AvgIpc) is 4.05. The van der Waals surface area contributed by atoms with Crippen LogP contribution < -0.4 is 30.1 Å². The van der Waals surface area contributed by atoms with Crippen molar-refractivity contribution in [2.75, 3.05) is 13.7 Å². The second-order valence-corrected chi connectivity index (χ2v) is 18.5. The highest BCUT2D eigenvalue weighted by Gasteiger charge is 2.63. The van der Waals surface area contributed by atoms with Crippen molar-refractivity contribution in [2.45, 2.75) is 133 Å². The molecule has 2 aliphatic carbocycles. The second-order valence-electron chi connectivity index (χ2n) is 16.3. The molecule has 0 spiro atoms. The van der Waals surface area contributed by atoms with Crippen molar-refractivity contribution >= 4 is 50.6 Å². The van der Waals surface area contributed by atoms with E-state index in [1.807, 2.05) is 26.0 Å². The number of aromatic nitrogens is 2. The molecule has 17 heteroatoms. The van der Waals surface area contributed by atoms with Gasteiger partial charge in [0.2, 0.25) is 39.5 Å². The smallest absolute Gasteiger partial charge is 0.259 e. The molecule has 16 nitrogen and oxygen atoms in total. The van der Waals surface area contributed by atoms with Gasteiger partial charge in [-0.3, -0.25) is 28.7 Å². The zero-order valence-corrected chi connectivity index (χ0v) is 34.4. The first-order valence-electron chi connectivity index (χ1n) is 19.9. The van der Waals surface area contributed by atoms with E-state index in [9.17, 15) is 32.4 Å². The molecule has 2 aliphatic heterocycles. The Morgan fingerprint density at radius 2 is 1.86 bits per heavy atom. The van der Waals surface area contributed by atoms with Crippen molar-refractivity contribution in [3.8, 4) is 11.6 Å². The van der Waals surface area contributed by atoms with Gasteiger partial charge in [0.15, 0.2) is 0 Å². The molecule has 1 aromatic carbocycles. The predicted octanol–water partition coefficient (Wildman–Crippen LogP) is 2.72. The summed E-state index contributed by atoms with van der Waals surface area (Å²) in [7, 11) is -2.47. The van der Waals surface area contributed by atoms with E-state index < -0.39 is 74.1 Å². The minimum absolute atomic E-state index is 0.00542. The molecule has 5 amide bonds.